The van der Waals surface area contributed by atoms with E-state index in [9.17, 15) is 0 Å². The summed E-state index contributed by atoms with van der Waals surface area (Å²) < 4.78 is 17.5. The van der Waals surface area contributed by atoms with Gasteiger partial charge in [0, 0.05) is 12.4 Å². The highest BCUT2D eigenvalue weighted by Gasteiger charge is 2.60. The van der Waals surface area contributed by atoms with Gasteiger partial charge in [0.1, 0.15) is 0 Å². The van der Waals surface area contributed by atoms with Gasteiger partial charge in [0.2, 0.25) is 0 Å². The summed E-state index contributed by atoms with van der Waals surface area (Å²) in [6.45, 7) is 11.2. The highest BCUT2D eigenvalue weighted by Crippen LogP contribution is 2.50. The SMILES string of the molecule is CCO[C@@H]1C[C@H]1B1OC(C)(C)C(C)(C)O1. The topological polar surface area (TPSA) is 27.7 Å². The second-order valence-electron chi connectivity index (χ2n) is 5.52. The van der Waals surface area contributed by atoms with E-state index in [1.54, 1.807) is 0 Å². The average molecular weight is 212 g/mol. The molecule has 1 aliphatic heterocycles. The van der Waals surface area contributed by atoms with Crippen LogP contribution in [0.15, 0.2) is 0 Å². The van der Waals surface area contributed by atoms with Crippen LogP contribution >= 0.6 is 0 Å². The summed E-state index contributed by atoms with van der Waals surface area (Å²) in [6.07, 6.45) is 1.43. The monoisotopic (exact) mass is 212 g/mol. The molecule has 0 bridgehead atoms. The Balaban J connectivity index is 1.94. The fourth-order valence-electron chi connectivity index (χ4n) is 1.95. The average Bonchev–Trinajstić information content (AvgIpc) is 2.77. The zero-order valence-corrected chi connectivity index (χ0v) is 10.4. The van der Waals surface area contributed by atoms with Crippen LogP contribution < -0.4 is 0 Å². The Kier molecular flexibility index (Phi) is 2.65. The molecule has 0 N–H and O–H groups in total. The second kappa shape index (κ2) is 3.47. The summed E-state index contributed by atoms with van der Waals surface area (Å²) in [6, 6.07) is 0. The van der Waals surface area contributed by atoms with Crippen molar-refractivity contribution >= 4 is 7.12 Å². The van der Waals surface area contributed by atoms with Crippen LogP contribution in [0.3, 0.4) is 0 Å². The van der Waals surface area contributed by atoms with Gasteiger partial charge in [0.15, 0.2) is 0 Å². The second-order valence-corrected chi connectivity index (χ2v) is 5.52. The molecule has 0 aromatic rings. The van der Waals surface area contributed by atoms with E-state index in [4.69, 9.17) is 14.0 Å². The Labute approximate surface area is 92.6 Å². The minimum Gasteiger partial charge on any atom is -0.403 e. The molecule has 86 valence electrons. The summed E-state index contributed by atoms with van der Waals surface area (Å²) >= 11 is 0. The molecule has 2 rings (SSSR count). The Morgan fingerprint density at radius 2 is 1.73 bits per heavy atom. The van der Waals surface area contributed by atoms with E-state index < -0.39 is 0 Å². The van der Waals surface area contributed by atoms with Crippen molar-refractivity contribution in [2.45, 2.75) is 64.2 Å². The van der Waals surface area contributed by atoms with Crippen LogP contribution in [0.1, 0.15) is 41.0 Å². The molecule has 4 heteroatoms. The molecule has 0 aromatic carbocycles. The Morgan fingerprint density at radius 3 is 2.20 bits per heavy atom. The molecule has 1 saturated heterocycles. The van der Waals surface area contributed by atoms with E-state index in [-0.39, 0.29) is 18.3 Å². The predicted octanol–water partition coefficient (Wildman–Crippen LogP) is 2.26. The maximum absolute atomic E-state index is 5.96. The van der Waals surface area contributed by atoms with Crippen LogP contribution in [-0.4, -0.2) is 31.0 Å². The lowest BCUT2D eigenvalue weighted by Gasteiger charge is -2.32. The lowest BCUT2D eigenvalue weighted by atomic mass is 9.82. The van der Waals surface area contributed by atoms with Crippen molar-refractivity contribution in [1.82, 2.24) is 0 Å². The maximum Gasteiger partial charge on any atom is 0.463 e. The minimum atomic E-state index is -0.211. The van der Waals surface area contributed by atoms with Gasteiger partial charge in [-0.15, -0.1) is 0 Å². The van der Waals surface area contributed by atoms with Crippen LogP contribution in [0.2, 0.25) is 5.82 Å². The van der Waals surface area contributed by atoms with Crippen molar-refractivity contribution in [3.05, 3.63) is 0 Å². The molecule has 0 aromatic heterocycles. The molecule has 0 amide bonds. The summed E-state index contributed by atoms with van der Waals surface area (Å²) in [5.74, 6) is 0.436. The molecule has 2 aliphatic rings. The summed E-state index contributed by atoms with van der Waals surface area (Å²) in [5, 5.41) is 0. The molecule has 15 heavy (non-hydrogen) atoms. The first-order chi connectivity index (χ1) is 6.87. The normalized spacial score (nSPS) is 37.0. The molecule has 0 unspecified atom stereocenters. The molecule has 2 fully saturated rings. The predicted molar refractivity (Wildman–Crippen MR) is 59.9 cm³/mol. The van der Waals surface area contributed by atoms with Crippen molar-refractivity contribution in [2.75, 3.05) is 6.61 Å². The molecular weight excluding hydrogens is 191 g/mol. The van der Waals surface area contributed by atoms with Crippen molar-refractivity contribution < 1.29 is 14.0 Å². The van der Waals surface area contributed by atoms with Crippen molar-refractivity contribution in [2.24, 2.45) is 0 Å². The molecule has 3 nitrogen and oxygen atoms in total. The van der Waals surface area contributed by atoms with Gasteiger partial charge >= 0.3 is 7.12 Å². The highest BCUT2D eigenvalue weighted by molar-refractivity contribution is 6.49. The number of hydrogen-bond donors (Lipinski definition) is 0. The largest absolute Gasteiger partial charge is 0.463 e. The van der Waals surface area contributed by atoms with Crippen LogP contribution in [0, 0.1) is 0 Å². The van der Waals surface area contributed by atoms with E-state index in [1.165, 1.54) is 0 Å². The molecule has 0 radical (unpaired) electrons. The Morgan fingerprint density at radius 1 is 1.20 bits per heavy atom. The molecule has 2 atom stereocenters. The van der Waals surface area contributed by atoms with E-state index in [0.717, 1.165) is 13.0 Å². The van der Waals surface area contributed by atoms with E-state index >= 15 is 0 Å². The van der Waals surface area contributed by atoms with Crippen molar-refractivity contribution in [3.8, 4) is 0 Å². The van der Waals surface area contributed by atoms with Gasteiger partial charge in [-0.1, -0.05) is 0 Å². The van der Waals surface area contributed by atoms with Crippen LogP contribution in [0.4, 0.5) is 0 Å². The van der Waals surface area contributed by atoms with Crippen LogP contribution in [-0.2, 0) is 14.0 Å². The fraction of sp³-hybridized carbons (Fsp3) is 1.00. The first kappa shape index (κ1) is 11.4. The van der Waals surface area contributed by atoms with Crippen LogP contribution in [0.5, 0.6) is 0 Å². The van der Waals surface area contributed by atoms with Crippen molar-refractivity contribution in [3.63, 3.8) is 0 Å². The van der Waals surface area contributed by atoms with E-state index in [2.05, 4.69) is 27.7 Å². The number of ether oxygens (including phenoxy) is 1. The van der Waals surface area contributed by atoms with E-state index in [0.29, 0.717) is 11.9 Å². The quantitative estimate of drug-likeness (QED) is 0.671. The van der Waals surface area contributed by atoms with Gasteiger partial charge < -0.3 is 14.0 Å². The first-order valence-electron chi connectivity index (χ1n) is 5.84. The maximum atomic E-state index is 5.96. The Bertz CT molecular complexity index is 236. The first-order valence-corrected chi connectivity index (χ1v) is 5.84. The van der Waals surface area contributed by atoms with Gasteiger partial charge in [0.05, 0.1) is 17.3 Å². The zero-order valence-electron chi connectivity index (χ0n) is 10.4. The lowest BCUT2D eigenvalue weighted by Crippen LogP contribution is -2.41. The number of rotatable bonds is 3. The fourth-order valence-corrected chi connectivity index (χ4v) is 1.95. The molecular formula is C11H21BO3. The summed E-state index contributed by atoms with van der Waals surface area (Å²) in [7, 11) is -0.0773. The Hall–Kier alpha value is -0.0551. The van der Waals surface area contributed by atoms with Gasteiger partial charge in [0.25, 0.3) is 0 Å². The lowest BCUT2D eigenvalue weighted by molar-refractivity contribution is 0.00578. The standard InChI is InChI=1S/C11H21BO3/c1-6-13-9-7-8(9)12-14-10(2,3)11(4,5)15-12/h8-9H,6-7H2,1-5H3/t8-,9-/m1/s1. The molecule has 1 heterocycles. The zero-order chi connectivity index (χ0) is 11.3. The van der Waals surface area contributed by atoms with Gasteiger partial charge in [-0.3, -0.25) is 0 Å². The third kappa shape index (κ3) is 1.95. The molecule has 0 spiro atoms. The van der Waals surface area contributed by atoms with Crippen molar-refractivity contribution in [1.29, 1.82) is 0 Å². The third-order valence-electron chi connectivity index (χ3n) is 3.78. The number of hydrogen-bond acceptors (Lipinski definition) is 3. The third-order valence-corrected chi connectivity index (χ3v) is 3.78. The summed E-state index contributed by atoms with van der Waals surface area (Å²) in [5.41, 5.74) is -0.423. The van der Waals surface area contributed by atoms with E-state index in [1.807, 2.05) is 6.92 Å². The molecule has 1 aliphatic carbocycles. The van der Waals surface area contributed by atoms with Gasteiger partial charge in [-0.2, -0.15) is 0 Å². The smallest absolute Gasteiger partial charge is 0.403 e. The summed E-state index contributed by atoms with van der Waals surface area (Å²) in [4.78, 5) is 0. The minimum absolute atomic E-state index is 0.0773. The van der Waals surface area contributed by atoms with Crippen LogP contribution in [0.25, 0.3) is 0 Å². The highest BCUT2D eigenvalue weighted by atomic mass is 16.7. The van der Waals surface area contributed by atoms with Gasteiger partial charge in [-0.05, 0) is 41.0 Å². The molecule has 1 saturated carbocycles. The van der Waals surface area contributed by atoms with Gasteiger partial charge in [-0.25, -0.2) is 0 Å².